The van der Waals surface area contributed by atoms with Gasteiger partial charge in [-0.25, -0.2) is 4.85 Å². The summed E-state index contributed by atoms with van der Waals surface area (Å²) in [6.45, 7) is 3.91. The Balaban J connectivity index is 2.55. The number of aliphatic hydroxyl groups excluding tert-OH is 2. The fraction of sp³-hybridized carbons (Fsp3) is 0.208. The quantitative estimate of drug-likeness (QED) is 0.107. The van der Waals surface area contributed by atoms with Gasteiger partial charge >= 0.3 is 11.9 Å². The van der Waals surface area contributed by atoms with Crippen molar-refractivity contribution in [2.24, 2.45) is 0 Å². The topological polar surface area (TPSA) is 212 Å². The van der Waals surface area contributed by atoms with Crippen LogP contribution in [-0.4, -0.2) is 73.9 Å². The summed E-state index contributed by atoms with van der Waals surface area (Å²) in [4.78, 5) is 64.0. The minimum atomic E-state index is -1.50. The number of hydrogen-bond acceptors (Lipinski definition) is 10. The van der Waals surface area contributed by atoms with Crippen LogP contribution in [0.3, 0.4) is 0 Å². The van der Waals surface area contributed by atoms with Gasteiger partial charge in [-0.3, -0.25) is 33.4 Å². The first-order valence-electron chi connectivity index (χ1n) is 10.5. The van der Waals surface area contributed by atoms with Gasteiger partial charge in [-0.15, -0.1) is 0 Å². The van der Waals surface area contributed by atoms with E-state index in [2.05, 4.69) is 9.58 Å². The molecule has 2 amide bonds. The van der Waals surface area contributed by atoms with E-state index in [1.165, 1.54) is 18.2 Å². The number of hydrogen-bond donors (Lipinski definition) is 4. The van der Waals surface area contributed by atoms with Crippen molar-refractivity contribution >= 4 is 35.5 Å². The van der Waals surface area contributed by atoms with E-state index < -0.39 is 72.8 Å². The highest BCUT2D eigenvalue weighted by atomic mass is 16.5. The number of nitriles is 1. The van der Waals surface area contributed by atoms with Crippen molar-refractivity contribution in [3.63, 3.8) is 0 Å². The second kappa shape index (κ2) is 12.6. The molecule has 1 aromatic heterocycles. The van der Waals surface area contributed by atoms with E-state index in [9.17, 15) is 44.6 Å². The van der Waals surface area contributed by atoms with Crippen molar-refractivity contribution < 1.29 is 44.3 Å². The van der Waals surface area contributed by atoms with Gasteiger partial charge in [0, 0.05) is 22.3 Å². The third-order valence-electron chi connectivity index (χ3n) is 5.21. The molecule has 38 heavy (non-hydrogen) atoms. The summed E-state index contributed by atoms with van der Waals surface area (Å²) >= 11 is 0. The smallest absolute Gasteiger partial charge is 0.325 e. The van der Waals surface area contributed by atoms with E-state index in [1.807, 2.05) is 0 Å². The van der Waals surface area contributed by atoms with E-state index >= 15 is 0 Å². The Bertz CT molecular complexity index is 1460. The molecule has 4 N–H and O–H groups in total. The summed E-state index contributed by atoms with van der Waals surface area (Å²) in [5.74, 6) is -5.42. The number of ether oxygens (including phenoxy) is 1. The fourth-order valence-corrected chi connectivity index (χ4v) is 3.41. The largest absolute Gasteiger partial charge is 0.503 e. The Hall–Kier alpha value is -5.31. The summed E-state index contributed by atoms with van der Waals surface area (Å²) in [5.41, 5.74) is -3.02. The molecule has 0 fully saturated rings. The minimum Gasteiger partial charge on any atom is -0.503 e. The van der Waals surface area contributed by atoms with Crippen LogP contribution in [0.4, 0.5) is 5.69 Å². The van der Waals surface area contributed by atoms with Gasteiger partial charge in [-0.2, -0.15) is 5.26 Å². The van der Waals surface area contributed by atoms with Crippen molar-refractivity contribution in [2.75, 3.05) is 20.3 Å². The van der Waals surface area contributed by atoms with Crippen LogP contribution < -0.4 is 5.56 Å². The Morgan fingerprint density at radius 1 is 1.11 bits per heavy atom. The number of carbonyl (C=O) groups is 4. The van der Waals surface area contributed by atoms with Crippen molar-refractivity contribution in [1.29, 1.82) is 5.26 Å². The predicted molar refractivity (Wildman–Crippen MR) is 127 cm³/mol. The molecular weight excluding hydrogens is 504 g/mol. The molecule has 2 heterocycles. The number of imide groups is 1. The molecule has 2 rings (SSSR count). The molecule has 0 bridgehead atoms. The number of pyridine rings is 1. The number of allylic oxidation sites excluding steroid dienone is 4. The van der Waals surface area contributed by atoms with Gasteiger partial charge in [0.15, 0.2) is 5.88 Å². The van der Waals surface area contributed by atoms with Gasteiger partial charge < -0.3 is 25.2 Å². The van der Waals surface area contributed by atoms with E-state index in [4.69, 9.17) is 11.7 Å². The van der Waals surface area contributed by atoms with Gasteiger partial charge in [0.05, 0.1) is 26.9 Å². The monoisotopic (exact) mass is 524 g/mol. The number of aromatic nitrogens is 1. The zero-order chi connectivity index (χ0) is 28.6. The second-order valence-electron chi connectivity index (χ2n) is 7.34. The molecule has 14 nitrogen and oxygen atoms in total. The highest BCUT2D eigenvalue weighted by Gasteiger charge is 2.37. The summed E-state index contributed by atoms with van der Waals surface area (Å²) < 4.78 is 5.08. The second-order valence-corrected chi connectivity index (χ2v) is 7.34. The molecule has 0 saturated heterocycles. The molecule has 0 radical (unpaired) electrons. The minimum absolute atomic E-state index is 0.207. The molecule has 14 heteroatoms. The zero-order valence-corrected chi connectivity index (χ0v) is 19.7. The lowest BCUT2D eigenvalue weighted by atomic mass is 9.94. The molecule has 196 valence electrons. The number of aromatic hydroxyl groups is 1. The standard InChI is InChI=1S/C24H20N4O10/c1-26-20-17(12-30)14(22(35)28(24(20)37)10-19(33)38-2)7-5-3-4-6-13-16(11-29)15(8-25)23(36)27(21(13)34)9-18(31)32/h3-7,29-30,37H,9-12H2,2H3,(H,31,32)/b4-3+,7-5+,13-6-. The average molecular weight is 524 g/mol. The van der Waals surface area contributed by atoms with Crippen molar-refractivity contribution in [2.45, 2.75) is 13.2 Å². The molecular formula is C24H20N4O10. The molecule has 1 aliphatic heterocycles. The highest BCUT2D eigenvalue weighted by molar-refractivity contribution is 6.19. The summed E-state index contributed by atoms with van der Waals surface area (Å²) in [6, 6.07) is 1.55. The number of carbonyl (C=O) groups excluding carboxylic acids is 3. The maximum Gasteiger partial charge on any atom is 0.325 e. The predicted octanol–water partition coefficient (Wildman–Crippen LogP) is -0.468. The van der Waals surface area contributed by atoms with Gasteiger partial charge in [-0.05, 0) is 6.08 Å². The van der Waals surface area contributed by atoms with Crippen LogP contribution in [0.2, 0.25) is 0 Å². The Morgan fingerprint density at radius 3 is 2.32 bits per heavy atom. The number of carboxylic acids is 1. The molecule has 0 saturated carbocycles. The first kappa shape index (κ1) is 28.9. The van der Waals surface area contributed by atoms with Crippen LogP contribution in [0.5, 0.6) is 5.88 Å². The number of nitrogens with zero attached hydrogens (tertiary/aromatic N) is 4. The van der Waals surface area contributed by atoms with Crippen LogP contribution in [0.25, 0.3) is 10.9 Å². The third-order valence-corrected chi connectivity index (χ3v) is 5.21. The summed E-state index contributed by atoms with van der Waals surface area (Å²) in [7, 11) is 1.06. The maximum atomic E-state index is 12.8. The molecule has 0 atom stereocenters. The SMILES string of the molecule is [C-]#[N+]c1c(CO)c(/C=C/C=C/C=C2\C(=O)N(CC(=O)O)C(=O)C(C#N)=C2CO)c(=O)n(CC(=O)OC)c1O. The number of aliphatic hydroxyl groups is 2. The van der Waals surface area contributed by atoms with Crippen molar-refractivity contribution in [3.8, 4) is 11.9 Å². The van der Waals surface area contributed by atoms with Crippen LogP contribution in [0.1, 0.15) is 11.1 Å². The Kier molecular flexibility index (Phi) is 9.58. The first-order valence-corrected chi connectivity index (χ1v) is 10.5. The van der Waals surface area contributed by atoms with Crippen molar-refractivity contribution in [3.05, 3.63) is 73.9 Å². The number of aliphatic carboxylic acids is 1. The molecule has 0 aromatic carbocycles. The summed E-state index contributed by atoms with van der Waals surface area (Å²) in [5, 5.41) is 47.8. The lowest BCUT2D eigenvalue weighted by Gasteiger charge is -2.26. The van der Waals surface area contributed by atoms with E-state index in [0.29, 0.717) is 9.47 Å². The van der Waals surface area contributed by atoms with Crippen LogP contribution >= 0.6 is 0 Å². The lowest BCUT2D eigenvalue weighted by Crippen LogP contribution is -2.46. The van der Waals surface area contributed by atoms with Gasteiger partial charge in [0.25, 0.3) is 23.1 Å². The number of carboxylic acid groups (broad SMARTS) is 1. The molecule has 0 unspecified atom stereocenters. The van der Waals surface area contributed by atoms with Crippen LogP contribution in [-0.2, 0) is 37.1 Å². The number of methoxy groups -OCH3 is 1. The van der Waals surface area contributed by atoms with Gasteiger partial charge in [0.1, 0.15) is 24.7 Å². The normalized spacial score (nSPS) is 14.9. The van der Waals surface area contributed by atoms with Gasteiger partial charge in [0.2, 0.25) is 0 Å². The molecule has 0 aliphatic carbocycles. The number of rotatable bonds is 9. The Morgan fingerprint density at radius 2 is 1.79 bits per heavy atom. The Labute approximate surface area is 214 Å². The van der Waals surface area contributed by atoms with E-state index in [1.54, 1.807) is 6.07 Å². The van der Waals surface area contributed by atoms with Crippen LogP contribution in [0.15, 0.2) is 45.8 Å². The summed E-state index contributed by atoms with van der Waals surface area (Å²) in [6.07, 6.45) is 6.03. The van der Waals surface area contributed by atoms with E-state index in [-0.39, 0.29) is 22.3 Å². The average Bonchev–Trinajstić information content (AvgIpc) is 2.89. The number of amides is 2. The number of esters is 1. The fourth-order valence-electron chi connectivity index (χ4n) is 3.41. The highest BCUT2D eigenvalue weighted by Crippen LogP contribution is 2.32. The van der Waals surface area contributed by atoms with Crippen LogP contribution in [0, 0.1) is 17.9 Å². The first-order chi connectivity index (χ1) is 18.1. The zero-order valence-electron chi connectivity index (χ0n) is 19.7. The van der Waals surface area contributed by atoms with Gasteiger partial charge in [-0.1, -0.05) is 24.3 Å². The lowest BCUT2D eigenvalue weighted by molar-refractivity contribution is -0.149. The maximum absolute atomic E-state index is 12.8. The third kappa shape index (κ3) is 5.73. The molecule has 1 aliphatic rings. The van der Waals surface area contributed by atoms with Crippen molar-refractivity contribution in [1.82, 2.24) is 9.47 Å². The van der Waals surface area contributed by atoms with E-state index in [0.717, 1.165) is 19.3 Å². The molecule has 1 aromatic rings. The molecule has 0 spiro atoms.